The maximum atomic E-state index is 6.42. The molecule has 0 amide bonds. The zero-order valence-corrected chi connectivity index (χ0v) is 16.3. The summed E-state index contributed by atoms with van der Waals surface area (Å²) >= 11 is 0. The summed E-state index contributed by atoms with van der Waals surface area (Å²) in [4.78, 5) is 0. The second kappa shape index (κ2) is 6.78. The van der Waals surface area contributed by atoms with Crippen molar-refractivity contribution in [3.63, 3.8) is 0 Å². The van der Waals surface area contributed by atoms with Crippen LogP contribution < -0.4 is 10.1 Å². The normalized spacial score (nSPS) is 11.9. The van der Waals surface area contributed by atoms with E-state index < -0.39 is 0 Å². The highest BCUT2D eigenvalue weighted by Crippen LogP contribution is 2.45. The minimum atomic E-state index is 0.819. The number of para-hydroxylation sites is 2. The average molecular weight is 385 g/mol. The van der Waals surface area contributed by atoms with Crippen LogP contribution in [0, 0.1) is 0 Å². The van der Waals surface area contributed by atoms with Crippen molar-refractivity contribution in [2.24, 2.45) is 0 Å². The Labute approximate surface area is 175 Å². The molecule has 142 valence electrons. The van der Waals surface area contributed by atoms with E-state index in [9.17, 15) is 0 Å². The van der Waals surface area contributed by atoms with Crippen LogP contribution in [0.25, 0.3) is 33.0 Å². The fourth-order valence-corrected chi connectivity index (χ4v) is 4.22. The maximum absolute atomic E-state index is 6.42. The summed E-state index contributed by atoms with van der Waals surface area (Å²) in [6.07, 6.45) is 0. The molecular weight excluding hydrogens is 366 g/mol. The maximum Gasteiger partial charge on any atom is 0.150 e. The summed E-state index contributed by atoms with van der Waals surface area (Å²) in [5.41, 5.74) is 6.74. The Morgan fingerprint density at radius 2 is 1.27 bits per heavy atom. The minimum Gasteiger partial charge on any atom is -0.455 e. The third kappa shape index (κ3) is 2.73. The van der Waals surface area contributed by atoms with Gasteiger partial charge in [-0.25, -0.2) is 0 Å². The monoisotopic (exact) mass is 385 g/mol. The Hall–Kier alpha value is -4.04. The van der Waals surface area contributed by atoms with Crippen molar-refractivity contribution in [3.05, 3.63) is 109 Å². The smallest absolute Gasteiger partial charge is 0.150 e. The SMILES string of the molecule is c1ccc(-c2ccc3c(c2)-c2cccc4cccc(c24)Oc2ccccc2N3)cc1. The number of hydrogen-bond donors (Lipinski definition) is 1. The molecule has 1 N–H and O–H groups in total. The zero-order chi connectivity index (χ0) is 19.9. The molecule has 0 atom stereocenters. The van der Waals surface area contributed by atoms with Crippen molar-refractivity contribution in [2.45, 2.75) is 0 Å². The first-order chi connectivity index (χ1) is 14.9. The molecule has 2 heteroatoms. The Bertz CT molecular complexity index is 1380. The van der Waals surface area contributed by atoms with E-state index in [-0.39, 0.29) is 0 Å². The Balaban J connectivity index is 1.69. The van der Waals surface area contributed by atoms with Crippen molar-refractivity contribution in [2.75, 3.05) is 5.32 Å². The highest BCUT2D eigenvalue weighted by atomic mass is 16.5. The first kappa shape index (κ1) is 16.9. The third-order valence-electron chi connectivity index (χ3n) is 5.66. The number of nitrogens with one attached hydrogen (secondary N) is 1. The molecule has 1 aliphatic rings. The predicted octanol–water partition coefficient (Wildman–Crippen LogP) is 8.02. The molecule has 1 aliphatic heterocycles. The molecule has 0 radical (unpaired) electrons. The molecule has 0 fully saturated rings. The average Bonchev–Trinajstić information content (AvgIpc) is 2.86. The van der Waals surface area contributed by atoms with Gasteiger partial charge in [-0.1, -0.05) is 78.9 Å². The van der Waals surface area contributed by atoms with Crippen LogP contribution in [0.15, 0.2) is 109 Å². The third-order valence-corrected chi connectivity index (χ3v) is 5.66. The Kier molecular flexibility index (Phi) is 3.82. The van der Waals surface area contributed by atoms with Gasteiger partial charge in [-0.2, -0.15) is 0 Å². The van der Waals surface area contributed by atoms with E-state index in [1.54, 1.807) is 0 Å². The molecule has 0 bridgehead atoms. The van der Waals surface area contributed by atoms with Gasteiger partial charge in [0.05, 0.1) is 5.69 Å². The molecule has 0 saturated carbocycles. The topological polar surface area (TPSA) is 21.3 Å². The molecule has 0 saturated heterocycles. The lowest BCUT2D eigenvalue weighted by molar-refractivity contribution is 0.491. The van der Waals surface area contributed by atoms with Crippen LogP contribution >= 0.6 is 0 Å². The first-order valence-electron chi connectivity index (χ1n) is 10.1. The number of rotatable bonds is 1. The highest BCUT2D eigenvalue weighted by molar-refractivity contribution is 6.05. The summed E-state index contributed by atoms with van der Waals surface area (Å²) in [6, 6.07) is 37.9. The molecule has 30 heavy (non-hydrogen) atoms. The van der Waals surface area contributed by atoms with Crippen molar-refractivity contribution in [3.8, 4) is 33.8 Å². The Morgan fingerprint density at radius 1 is 0.500 bits per heavy atom. The van der Waals surface area contributed by atoms with Crippen LogP contribution in [0.3, 0.4) is 0 Å². The van der Waals surface area contributed by atoms with E-state index in [0.717, 1.165) is 39.4 Å². The number of fused-ring (bicyclic) bond motifs is 3. The summed E-state index contributed by atoms with van der Waals surface area (Å²) < 4.78 is 6.42. The quantitative estimate of drug-likeness (QED) is 0.309. The fourth-order valence-electron chi connectivity index (χ4n) is 4.22. The van der Waals surface area contributed by atoms with Gasteiger partial charge in [0.15, 0.2) is 5.75 Å². The summed E-state index contributed by atoms with van der Waals surface area (Å²) in [6.45, 7) is 0. The standard InChI is InChI=1S/C28H19NO/c1-2-8-19(9-3-1)21-16-17-24-23(18-21)22-12-6-10-20-11-7-15-27(28(20)22)30-26-14-5-4-13-25(26)29-24/h1-18,29H. The van der Waals surface area contributed by atoms with Gasteiger partial charge in [0, 0.05) is 16.6 Å². The van der Waals surface area contributed by atoms with Gasteiger partial charge in [-0.05, 0) is 52.4 Å². The van der Waals surface area contributed by atoms with Crippen LogP contribution in [0.5, 0.6) is 11.5 Å². The fraction of sp³-hybridized carbons (Fsp3) is 0. The van der Waals surface area contributed by atoms with Gasteiger partial charge >= 0.3 is 0 Å². The number of benzene rings is 5. The summed E-state index contributed by atoms with van der Waals surface area (Å²) in [5, 5.41) is 5.91. The van der Waals surface area contributed by atoms with Gasteiger partial charge < -0.3 is 10.1 Å². The zero-order valence-electron chi connectivity index (χ0n) is 16.3. The van der Waals surface area contributed by atoms with E-state index in [2.05, 4.69) is 90.2 Å². The van der Waals surface area contributed by atoms with Crippen LogP contribution in [0.4, 0.5) is 11.4 Å². The van der Waals surface area contributed by atoms with Crippen LogP contribution in [0.2, 0.25) is 0 Å². The molecular formula is C28H19NO. The molecule has 2 nitrogen and oxygen atoms in total. The van der Waals surface area contributed by atoms with Gasteiger partial charge in [0.1, 0.15) is 5.75 Å². The van der Waals surface area contributed by atoms with Crippen molar-refractivity contribution in [1.29, 1.82) is 0 Å². The Morgan fingerprint density at radius 3 is 2.17 bits per heavy atom. The number of ether oxygens (including phenoxy) is 1. The first-order valence-corrected chi connectivity index (χ1v) is 10.1. The van der Waals surface area contributed by atoms with E-state index in [4.69, 9.17) is 4.74 Å². The highest BCUT2D eigenvalue weighted by Gasteiger charge is 2.18. The molecule has 0 spiro atoms. The molecule has 0 aromatic heterocycles. The van der Waals surface area contributed by atoms with Gasteiger partial charge in [0.25, 0.3) is 0 Å². The molecule has 6 rings (SSSR count). The van der Waals surface area contributed by atoms with Gasteiger partial charge in [-0.15, -0.1) is 0 Å². The van der Waals surface area contributed by atoms with Gasteiger partial charge in [0.2, 0.25) is 0 Å². The van der Waals surface area contributed by atoms with Crippen LogP contribution in [0.1, 0.15) is 0 Å². The molecule has 1 heterocycles. The lowest BCUT2D eigenvalue weighted by Gasteiger charge is -2.15. The molecule has 5 aromatic rings. The van der Waals surface area contributed by atoms with Crippen LogP contribution in [-0.4, -0.2) is 0 Å². The predicted molar refractivity (Wildman–Crippen MR) is 125 cm³/mol. The van der Waals surface area contributed by atoms with Crippen LogP contribution in [-0.2, 0) is 0 Å². The second-order valence-corrected chi connectivity index (χ2v) is 7.51. The van der Waals surface area contributed by atoms with E-state index >= 15 is 0 Å². The molecule has 0 aliphatic carbocycles. The van der Waals surface area contributed by atoms with Crippen molar-refractivity contribution in [1.82, 2.24) is 0 Å². The van der Waals surface area contributed by atoms with E-state index in [1.807, 2.05) is 24.3 Å². The second-order valence-electron chi connectivity index (χ2n) is 7.51. The van der Waals surface area contributed by atoms with Crippen molar-refractivity contribution >= 4 is 22.1 Å². The lowest BCUT2D eigenvalue weighted by Crippen LogP contribution is -1.95. The summed E-state index contributed by atoms with van der Waals surface area (Å²) in [7, 11) is 0. The number of anilines is 2. The summed E-state index contributed by atoms with van der Waals surface area (Å²) in [5.74, 6) is 1.69. The molecule has 0 unspecified atom stereocenters. The van der Waals surface area contributed by atoms with E-state index in [0.29, 0.717) is 0 Å². The number of hydrogen-bond acceptors (Lipinski definition) is 2. The minimum absolute atomic E-state index is 0.819. The van der Waals surface area contributed by atoms with E-state index in [1.165, 1.54) is 16.5 Å². The van der Waals surface area contributed by atoms with Gasteiger partial charge in [-0.3, -0.25) is 0 Å². The molecule has 5 aromatic carbocycles. The lowest BCUT2D eigenvalue weighted by atomic mass is 9.93. The van der Waals surface area contributed by atoms with Crippen molar-refractivity contribution < 1.29 is 4.74 Å². The largest absolute Gasteiger partial charge is 0.455 e.